The van der Waals surface area contributed by atoms with Crippen molar-refractivity contribution in [1.29, 1.82) is 0 Å². The first-order valence-electron chi connectivity index (χ1n) is 10.6. The summed E-state index contributed by atoms with van der Waals surface area (Å²) in [5.74, 6) is -0.0917. The molecule has 1 aliphatic rings. The van der Waals surface area contributed by atoms with Crippen molar-refractivity contribution in [2.75, 3.05) is 0 Å². The van der Waals surface area contributed by atoms with E-state index in [4.69, 9.17) is 5.73 Å². The maximum atomic E-state index is 13.8. The quantitative estimate of drug-likeness (QED) is 0.505. The van der Waals surface area contributed by atoms with Crippen molar-refractivity contribution < 1.29 is 18.0 Å². The lowest BCUT2D eigenvalue weighted by molar-refractivity contribution is -0.138. The molecular weight excluding hydrogens is 423 g/mol. The number of amides is 1. The molecule has 0 atom stereocenters. The van der Waals surface area contributed by atoms with Crippen LogP contribution in [0, 0.1) is 18.3 Å². The van der Waals surface area contributed by atoms with E-state index >= 15 is 0 Å². The number of primary amides is 1. The minimum Gasteiger partial charge on any atom is -0.366 e. The zero-order valence-corrected chi connectivity index (χ0v) is 19.1. The fraction of sp³-hybridized carbons (Fsp3) is 0.480. The molecule has 0 heterocycles. The number of rotatable bonds is 5. The van der Waals surface area contributed by atoms with Gasteiger partial charge in [-0.15, -0.1) is 12.4 Å². The van der Waals surface area contributed by atoms with Crippen LogP contribution in [-0.4, -0.2) is 5.91 Å². The highest BCUT2D eigenvalue weighted by Gasteiger charge is 2.34. The average molecular weight is 454 g/mol. The van der Waals surface area contributed by atoms with Crippen molar-refractivity contribution in [3.63, 3.8) is 0 Å². The van der Waals surface area contributed by atoms with E-state index in [0.29, 0.717) is 45.6 Å². The molecule has 1 aliphatic carbocycles. The van der Waals surface area contributed by atoms with Crippen LogP contribution in [0.15, 0.2) is 36.4 Å². The number of aryl methyl sites for hydroxylation is 1. The first kappa shape index (κ1) is 25.3. The predicted molar refractivity (Wildman–Crippen MR) is 121 cm³/mol. The molecule has 0 saturated heterocycles. The molecule has 2 N–H and O–H groups in total. The van der Waals surface area contributed by atoms with Crippen LogP contribution in [0.25, 0.3) is 11.1 Å². The van der Waals surface area contributed by atoms with Gasteiger partial charge in [0.1, 0.15) is 0 Å². The summed E-state index contributed by atoms with van der Waals surface area (Å²) >= 11 is 0. The Morgan fingerprint density at radius 1 is 1.13 bits per heavy atom. The van der Waals surface area contributed by atoms with E-state index in [2.05, 4.69) is 13.8 Å². The molecule has 1 saturated carbocycles. The van der Waals surface area contributed by atoms with Gasteiger partial charge in [0, 0.05) is 5.56 Å². The van der Waals surface area contributed by atoms with Gasteiger partial charge < -0.3 is 5.73 Å². The number of carbonyl (C=O) groups is 1. The molecule has 0 unspecified atom stereocenters. The lowest BCUT2D eigenvalue weighted by atomic mass is 9.72. The van der Waals surface area contributed by atoms with E-state index in [-0.39, 0.29) is 12.4 Å². The fourth-order valence-electron chi connectivity index (χ4n) is 4.55. The predicted octanol–water partition coefficient (Wildman–Crippen LogP) is 7.35. The largest absolute Gasteiger partial charge is 0.416 e. The molecule has 1 amide bonds. The van der Waals surface area contributed by atoms with Crippen LogP contribution in [0.4, 0.5) is 13.2 Å². The highest BCUT2D eigenvalue weighted by Crippen LogP contribution is 2.41. The van der Waals surface area contributed by atoms with E-state index < -0.39 is 17.6 Å². The zero-order chi connectivity index (χ0) is 22.1. The highest BCUT2D eigenvalue weighted by atomic mass is 35.5. The summed E-state index contributed by atoms with van der Waals surface area (Å²) < 4.78 is 41.5. The van der Waals surface area contributed by atoms with Gasteiger partial charge in [-0.1, -0.05) is 38.1 Å². The maximum absolute atomic E-state index is 13.8. The average Bonchev–Trinajstić information content (AvgIpc) is 2.66. The lowest BCUT2D eigenvalue weighted by Crippen LogP contribution is -2.21. The number of hydrogen-bond acceptors (Lipinski definition) is 1. The van der Waals surface area contributed by atoms with Crippen LogP contribution in [0.5, 0.6) is 0 Å². The standard InChI is InChI=1S/C25H30F3NO.ClH/c1-16-20(5-4-6-21(16)23(29)30)19-10-9-18(22(15-19)25(26,27)28)8-7-17-11-13-24(2,3)14-12-17;/h4-6,9-10,15,17H,7-8,11-14H2,1-3H3,(H2,29,30);1H. The molecule has 0 aromatic heterocycles. The van der Waals surface area contributed by atoms with E-state index in [1.165, 1.54) is 6.07 Å². The zero-order valence-electron chi connectivity index (χ0n) is 18.3. The Labute approximate surface area is 188 Å². The fourth-order valence-corrected chi connectivity index (χ4v) is 4.55. The topological polar surface area (TPSA) is 43.1 Å². The van der Waals surface area contributed by atoms with Gasteiger partial charge in [-0.05, 0) is 91.2 Å². The van der Waals surface area contributed by atoms with Crippen molar-refractivity contribution >= 4 is 18.3 Å². The van der Waals surface area contributed by atoms with E-state index in [0.717, 1.165) is 32.1 Å². The molecule has 0 radical (unpaired) electrons. The molecule has 0 spiro atoms. The molecule has 170 valence electrons. The van der Waals surface area contributed by atoms with Crippen LogP contribution >= 0.6 is 12.4 Å². The van der Waals surface area contributed by atoms with Gasteiger partial charge in [0.15, 0.2) is 0 Å². The van der Waals surface area contributed by atoms with Crippen LogP contribution in [0.3, 0.4) is 0 Å². The van der Waals surface area contributed by atoms with Crippen molar-refractivity contribution in [1.82, 2.24) is 0 Å². The van der Waals surface area contributed by atoms with Gasteiger partial charge >= 0.3 is 6.18 Å². The Morgan fingerprint density at radius 2 is 1.77 bits per heavy atom. The number of halogens is 4. The summed E-state index contributed by atoms with van der Waals surface area (Å²) in [6, 6.07) is 9.50. The van der Waals surface area contributed by atoms with Crippen molar-refractivity contribution in [2.45, 2.75) is 65.5 Å². The molecule has 0 bridgehead atoms. The number of carbonyl (C=O) groups excluding carboxylic acids is 1. The second-order valence-electron chi connectivity index (χ2n) is 9.36. The van der Waals surface area contributed by atoms with Gasteiger partial charge in [-0.3, -0.25) is 4.79 Å². The summed E-state index contributed by atoms with van der Waals surface area (Å²) in [5.41, 5.74) is 7.47. The van der Waals surface area contributed by atoms with Gasteiger partial charge in [0.05, 0.1) is 5.56 Å². The van der Waals surface area contributed by atoms with E-state index in [1.54, 1.807) is 37.3 Å². The minimum absolute atomic E-state index is 0. The van der Waals surface area contributed by atoms with Crippen molar-refractivity contribution in [3.05, 3.63) is 58.7 Å². The first-order valence-corrected chi connectivity index (χ1v) is 10.6. The highest BCUT2D eigenvalue weighted by molar-refractivity contribution is 5.96. The Bertz CT molecular complexity index is 927. The Morgan fingerprint density at radius 3 is 2.35 bits per heavy atom. The first-order chi connectivity index (χ1) is 14.0. The molecular formula is C25H31ClF3NO. The summed E-state index contributed by atoms with van der Waals surface area (Å²) in [6.07, 6.45) is 1.25. The summed E-state index contributed by atoms with van der Waals surface area (Å²) in [5, 5.41) is 0. The van der Waals surface area contributed by atoms with E-state index in [9.17, 15) is 18.0 Å². The third-order valence-electron chi connectivity index (χ3n) is 6.61. The molecule has 2 aromatic carbocycles. The minimum atomic E-state index is -4.42. The lowest BCUT2D eigenvalue weighted by Gasteiger charge is -2.34. The van der Waals surface area contributed by atoms with Gasteiger partial charge in [-0.25, -0.2) is 0 Å². The number of nitrogens with two attached hydrogens (primary N) is 1. The monoisotopic (exact) mass is 453 g/mol. The van der Waals surface area contributed by atoms with Crippen LogP contribution in [0.2, 0.25) is 0 Å². The van der Waals surface area contributed by atoms with Gasteiger partial charge in [-0.2, -0.15) is 13.2 Å². The van der Waals surface area contributed by atoms with Crippen molar-refractivity contribution in [3.8, 4) is 11.1 Å². The number of benzene rings is 2. The smallest absolute Gasteiger partial charge is 0.366 e. The Kier molecular flexibility index (Phi) is 7.85. The number of alkyl halides is 3. The van der Waals surface area contributed by atoms with Crippen molar-refractivity contribution in [2.24, 2.45) is 17.1 Å². The second-order valence-corrected chi connectivity index (χ2v) is 9.36. The van der Waals surface area contributed by atoms with Gasteiger partial charge in [0.25, 0.3) is 0 Å². The van der Waals surface area contributed by atoms with Crippen LogP contribution < -0.4 is 5.73 Å². The van der Waals surface area contributed by atoms with Crippen LogP contribution in [-0.2, 0) is 12.6 Å². The molecule has 6 heteroatoms. The third kappa shape index (κ3) is 6.03. The van der Waals surface area contributed by atoms with Gasteiger partial charge in [0.2, 0.25) is 5.91 Å². The second kappa shape index (κ2) is 9.64. The molecule has 2 aromatic rings. The maximum Gasteiger partial charge on any atom is 0.416 e. The normalized spacial score (nSPS) is 16.6. The molecule has 3 rings (SSSR count). The van der Waals surface area contributed by atoms with E-state index in [1.807, 2.05) is 0 Å². The molecule has 1 fully saturated rings. The summed E-state index contributed by atoms with van der Waals surface area (Å²) in [7, 11) is 0. The SMILES string of the molecule is Cc1c(C(N)=O)cccc1-c1ccc(CCC2CCC(C)(C)CC2)c(C(F)(F)F)c1.Cl. The summed E-state index contributed by atoms with van der Waals surface area (Å²) in [6.45, 7) is 6.24. The summed E-state index contributed by atoms with van der Waals surface area (Å²) in [4.78, 5) is 11.6. The Hall–Kier alpha value is -2.01. The molecule has 31 heavy (non-hydrogen) atoms. The Balaban J connectivity index is 0.00000341. The van der Waals surface area contributed by atoms with Crippen LogP contribution in [0.1, 0.15) is 73.0 Å². The molecule has 0 aliphatic heterocycles. The third-order valence-corrected chi connectivity index (χ3v) is 6.61. The number of hydrogen-bond donors (Lipinski definition) is 1. The molecule has 2 nitrogen and oxygen atoms in total.